The van der Waals surface area contributed by atoms with Crippen molar-refractivity contribution in [2.45, 2.75) is 38.8 Å². The molecule has 1 heteroatoms. The molecule has 68 valence electrons. The van der Waals surface area contributed by atoms with E-state index in [0.29, 0.717) is 5.41 Å². The summed E-state index contributed by atoms with van der Waals surface area (Å²) in [5, 5.41) is 0.764. The van der Waals surface area contributed by atoms with Crippen LogP contribution in [-0.2, 0) is 0 Å². The minimum atomic E-state index is -0.909. The molecular weight excluding hydrogens is 151 g/mol. The Balaban J connectivity index is 2.85. The molecule has 1 aliphatic rings. The van der Waals surface area contributed by atoms with Crippen molar-refractivity contribution in [1.82, 2.24) is 0 Å². The van der Waals surface area contributed by atoms with Crippen molar-refractivity contribution >= 4 is 7.26 Å². The zero-order valence-electron chi connectivity index (χ0n) is 8.91. The van der Waals surface area contributed by atoms with E-state index in [9.17, 15) is 0 Å². The second-order valence-electron chi connectivity index (χ2n) is 6.08. The van der Waals surface area contributed by atoms with Crippen molar-refractivity contribution in [3.05, 3.63) is 0 Å². The molecule has 0 amide bonds. The molecule has 11 heavy (non-hydrogen) atoms. The van der Waals surface area contributed by atoms with Gasteiger partial charge in [0.25, 0.3) is 0 Å². The Bertz CT molecular complexity index is 137. The SMILES string of the molecule is CC(C)(C)C1([PH](C)(C)C)CC1. The molecular formula is C10H23P. The quantitative estimate of drug-likeness (QED) is 0.535. The summed E-state index contributed by atoms with van der Waals surface area (Å²) in [5.74, 6) is 0. The molecule has 0 heterocycles. The van der Waals surface area contributed by atoms with E-state index in [1.807, 2.05) is 0 Å². The molecule has 0 spiro atoms. The van der Waals surface area contributed by atoms with Gasteiger partial charge in [0.2, 0.25) is 0 Å². The van der Waals surface area contributed by atoms with Crippen molar-refractivity contribution in [1.29, 1.82) is 0 Å². The van der Waals surface area contributed by atoms with Crippen molar-refractivity contribution in [2.75, 3.05) is 20.0 Å². The first kappa shape index (κ1) is 9.52. The third-order valence-corrected chi connectivity index (χ3v) is 7.74. The van der Waals surface area contributed by atoms with Crippen LogP contribution in [-0.4, -0.2) is 25.2 Å². The van der Waals surface area contributed by atoms with Crippen LogP contribution in [0.25, 0.3) is 0 Å². The van der Waals surface area contributed by atoms with Crippen molar-refractivity contribution < 1.29 is 0 Å². The van der Waals surface area contributed by atoms with Crippen molar-refractivity contribution in [3.8, 4) is 0 Å². The number of rotatable bonds is 1. The summed E-state index contributed by atoms with van der Waals surface area (Å²) >= 11 is 0. The molecule has 0 bridgehead atoms. The summed E-state index contributed by atoms with van der Waals surface area (Å²) in [4.78, 5) is 0. The Hall–Kier alpha value is 0.430. The number of hydrogen-bond acceptors (Lipinski definition) is 0. The molecule has 1 fully saturated rings. The van der Waals surface area contributed by atoms with Crippen LogP contribution in [0.4, 0.5) is 0 Å². The molecule has 1 aliphatic carbocycles. The van der Waals surface area contributed by atoms with Gasteiger partial charge < -0.3 is 0 Å². The summed E-state index contributed by atoms with van der Waals surface area (Å²) < 4.78 is 0. The van der Waals surface area contributed by atoms with Gasteiger partial charge in [-0.05, 0) is 0 Å². The molecule has 0 aromatic rings. The summed E-state index contributed by atoms with van der Waals surface area (Å²) in [6, 6.07) is 0. The summed E-state index contributed by atoms with van der Waals surface area (Å²) in [5.41, 5.74) is 0.553. The van der Waals surface area contributed by atoms with E-state index >= 15 is 0 Å². The Morgan fingerprint density at radius 2 is 1.36 bits per heavy atom. The van der Waals surface area contributed by atoms with Gasteiger partial charge in [-0.15, -0.1) is 0 Å². The van der Waals surface area contributed by atoms with Gasteiger partial charge >= 0.3 is 71.4 Å². The molecule has 0 nitrogen and oxygen atoms in total. The molecule has 0 saturated heterocycles. The second kappa shape index (κ2) is 2.22. The maximum absolute atomic E-state index is 2.52. The predicted octanol–water partition coefficient (Wildman–Crippen LogP) is 3.20. The Labute approximate surface area is 72.1 Å². The van der Waals surface area contributed by atoms with E-state index in [-0.39, 0.29) is 0 Å². The van der Waals surface area contributed by atoms with Gasteiger partial charge in [0.15, 0.2) is 0 Å². The third-order valence-electron chi connectivity index (χ3n) is 3.62. The Morgan fingerprint density at radius 1 is 1.00 bits per heavy atom. The fourth-order valence-electron chi connectivity index (χ4n) is 2.75. The van der Waals surface area contributed by atoms with Crippen LogP contribution in [0.3, 0.4) is 0 Å². The topological polar surface area (TPSA) is 0 Å². The second-order valence-corrected chi connectivity index (χ2v) is 11.5. The average Bonchev–Trinajstić information content (AvgIpc) is 2.31. The summed E-state index contributed by atoms with van der Waals surface area (Å²) in [7, 11) is -0.909. The van der Waals surface area contributed by atoms with Crippen molar-refractivity contribution in [3.63, 3.8) is 0 Å². The average molecular weight is 174 g/mol. The summed E-state index contributed by atoms with van der Waals surface area (Å²) in [6.07, 6.45) is 2.98. The molecule has 1 saturated carbocycles. The van der Waals surface area contributed by atoms with E-state index in [2.05, 4.69) is 40.8 Å². The van der Waals surface area contributed by atoms with Gasteiger partial charge in [0.05, 0.1) is 0 Å². The van der Waals surface area contributed by atoms with Crippen LogP contribution in [0, 0.1) is 5.41 Å². The van der Waals surface area contributed by atoms with Crippen LogP contribution in [0.5, 0.6) is 0 Å². The molecule has 0 radical (unpaired) electrons. The number of hydrogen-bond donors (Lipinski definition) is 0. The molecule has 0 aromatic heterocycles. The Morgan fingerprint density at radius 3 is 1.36 bits per heavy atom. The maximum atomic E-state index is 2.52. The third kappa shape index (κ3) is 1.35. The minimum absolute atomic E-state index is 0.553. The predicted molar refractivity (Wildman–Crippen MR) is 57.5 cm³/mol. The van der Waals surface area contributed by atoms with Gasteiger partial charge in [0, 0.05) is 0 Å². The van der Waals surface area contributed by atoms with Crippen LogP contribution in [0.15, 0.2) is 0 Å². The normalized spacial score (nSPS) is 24.9. The van der Waals surface area contributed by atoms with Gasteiger partial charge in [-0.2, -0.15) is 0 Å². The first-order valence-corrected chi connectivity index (χ1v) is 8.21. The first-order valence-electron chi connectivity index (χ1n) is 4.71. The van der Waals surface area contributed by atoms with E-state index in [1.165, 1.54) is 12.8 Å². The zero-order chi connectivity index (χ0) is 8.91. The van der Waals surface area contributed by atoms with Gasteiger partial charge in [-0.1, -0.05) is 0 Å². The van der Waals surface area contributed by atoms with E-state index in [1.54, 1.807) is 0 Å². The van der Waals surface area contributed by atoms with E-state index in [4.69, 9.17) is 0 Å². The van der Waals surface area contributed by atoms with Gasteiger partial charge in [-0.25, -0.2) is 0 Å². The molecule has 0 aliphatic heterocycles. The van der Waals surface area contributed by atoms with Gasteiger partial charge in [0.1, 0.15) is 0 Å². The monoisotopic (exact) mass is 174 g/mol. The van der Waals surface area contributed by atoms with Crippen LogP contribution in [0.1, 0.15) is 33.6 Å². The fourth-order valence-corrected chi connectivity index (χ4v) is 6.62. The molecule has 0 unspecified atom stereocenters. The van der Waals surface area contributed by atoms with Gasteiger partial charge in [-0.3, -0.25) is 0 Å². The molecule has 0 N–H and O–H groups in total. The molecule has 0 atom stereocenters. The van der Waals surface area contributed by atoms with Crippen LogP contribution >= 0.6 is 7.26 Å². The molecule has 1 rings (SSSR count). The summed E-state index contributed by atoms with van der Waals surface area (Å²) in [6.45, 7) is 14.8. The van der Waals surface area contributed by atoms with Crippen molar-refractivity contribution in [2.24, 2.45) is 5.41 Å². The molecule has 0 aromatic carbocycles. The fraction of sp³-hybridized carbons (Fsp3) is 1.00. The zero-order valence-corrected chi connectivity index (χ0v) is 9.91. The van der Waals surface area contributed by atoms with E-state index in [0.717, 1.165) is 5.16 Å². The van der Waals surface area contributed by atoms with E-state index < -0.39 is 7.26 Å². The van der Waals surface area contributed by atoms with Crippen LogP contribution < -0.4 is 0 Å². The van der Waals surface area contributed by atoms with Crippen LogP contribution in [0.2, 0.25) is 0 Å². The first-order chi connectivity index (χ1) is 4.71. The standard InChI is InChI=1S/C10H23P/c1-9(2,3)10(7-8-10)11(4,5)6/h11H,7-8H2,1-6H3. The Kier molecular flexibility index (Phi) is 1.92.